The fourth-order valence-electron chi connectivity index (χ4n) is 2.68. The molecule has 1 N–H and O–H groups in total. The van der Waals surface area contributed by atoms with Gasteiger partial charge in [-0.1, -0.05) is 12.1 Å². The van der Waals surface area contributed by atoms with Gasteiger partial charge in [-0.25, -0.2) is 4.39 Å². The zero-order valence-electron chi connectivity index (χ0n) is 14.5. The van der Waals surface area contributed by atoms with E-state index in [1.54, 1.807) is 20.2 Å². The van der Waals surface area contributed by atoms with E-state index in [0.29, 0.717) is 32.1 Å². The van der Waals surface area contributed by atoms with Crippen LogP contribution in [0.5, 0.6) is 0 Å². The quantitative estimate of drug-likeness (QED) is 0.460. The minimum atomic E-state index is -0.165. The molecule has 1 aromatic carbocycles. The van der Waals surface area contributed by atoms with Gasteiger partial charge in [0.05, 0.1) is 25.5 Å². The van der Waals surface area contributed by atoms with Crippen LogP contribution in [0, 0.1) is 5.82 Å². The molecule has 1 heterocycles. The Morgan fingerprint density at radius 2 is 1.92 bits per heavy atom. The van der Waals surface area contributed by atoms with Crippen LogP contribution in [0.4, 0.5) is 10.1 Å². The van der Waals surface area contributed by atoms with Gasteiger partial charge in [0, 0.05) is 46.9 Å². The molecule has 6 nitrogen and oxygen atoms in total. The van der Waals surface area contributed by atoms with Crippen LogP contribution in [0.2, 0.25) is 0 Å². The number of hydrogen-bond acceptors (Lipinski definition) is 4. The first-order chi connectivity index (χ1) is 11.8. The third-order valence-corrected chi connectivity index (χ3v) is 3.95. The summed E-state index contributed by atoms with van der Waals surface area (Å²) in [5, 5.41) is 3.30. The highest BCUT2D eigenvalue weighted by Gasteiger charge is 2.21. The van der Waals surface area contributed by atoms with Crippen molar-refractivity contribution in [3.05, 3.63) is 30.1 Å². The lowest BCUT2D eigenvalue weighted by molar-refractivity contribution is 0.0731. The van der Waals surface area contributed by atoms with Gasteiger partial charge in [-0.05, 0) is 12.1 Å². The van der Waals surface area contributed by atoms with Crippen molar-refractivity contribution in [2.45, 2.75) is 0 Å². The number of hydrogen-bond donors (Lipinski definition) is 1. The minimum Gasteiger partial charge on any atom is -0.382 e. The Labute approximate surface area is 143 Å². The molecule has 0 aliphatic carbocycles. The number of halogens is 1. The summed E-state index contributed by atoms with van der Waals surface area (Å²) in [6.45, 7) is 5.65. The smallest absolute Gasteiger partial charge is 0.193 e. The highest BCUT2D eigenvalue weighted by Crippen LogP contribution is 2.20. The van der Waals surface area contributed by atoms with E-state index in [2.05, 4.69) is 20.1 Å². The molecule has 134 valence electrons. The third-order valence-electron chi connectivity index (χ3n) is 3.95. The third kappa shape index (κ3) is 5.35. The first kappa shape index (κ1) is 18.5. The summed E-state index contributed by atoms with van der Waals surface area (Å²) in [5.41, 5.74) is 0.673. The maximum atomic E-state index is 13.9. The number of aliphatic imine (C=N–C) groups is 1. The predicted molar refractivity (Wildman–Crippen MR) is 94.2 cm³/mol. The normalized spacial score (nSPS) is 15.7. The van der Waals surface area contributed by atoms with Crippen molar-refractivity contribution in [2.75, 3.05) is 71.6 Å². The lowest BCUT2D eigenvalue weighted by Crippen LogP contribution is -2.53. The van der Waals surface area contributed by atoms with Gasteiger partial charge in [0.1, 0.15) is 5.82 Å². The molecule has 1 aliphatic heterocycles. The first-order valence-electron chi connectivity index (χ1n) is 8.28. The lowest BCUT2D eigenvalue weighted by atomic mass is 10.2. The van der Waals surface area contributed by atoms with Crippen molar-refractivity contribution in [3.63, 3.8) is 0 Å². The molecule has 0 saturated carbocycles. The second-order valence-electron chi connectivity index (χ2n) is 5.50. The molecule has 0 radical (unpaired) electrons. The number of methoxy groups -OCH3 is 1. The van der Waals surface area contributed by atoms with Crippen molar-refractivity contribution in [2.24, 2.45) is 4.99 Å². The fourth-order valence-corrected chi connectivity index (χ4v) is 2.68. The number of nitrogens with one attached hydrogen (secondary N) is 1. The summed E-state index contributed by atoms with van der Waals surface area (Å²) in [7, 11) is 3.43. The molecule has 2 rings (SSSR count). The maximum Gasteiger partial charge on any atom is 0.193 e. The number of piperazine rings is 1. The number of benzene rings is 1. The van der Waals surface area contributed by atoms with Gasteiger partial charge in [-0.2, -0.15) is 0 Å². The van der Waals surface area contributed by atoms with Crippen molar-refractivity contribution < 1.29 is 13.9 Å². The van der Waals surface area contributed by atoms with Crippen molar-refractivity contribution in [3.8, 4) is 0 Å². The van der Waals surface area contributed by atoms with E-state index in [4.69, 9.17) is 9.47 Å². The standard InChI is InChI=1S/C17H27FN4O2/c1-19-17(20-7-12-24-14-13-23-2)22-10-8-21(9-11-22)16-6-4-3-5-15(16)18/h3-6H,7-14H2,1-2H3,(H,19,20). The molecule has 0 unspecified atom stereocenters. The first-order valence-corrected chi connectivity index (χ1v) is 8.28. The monoisotopic (exact) mass is 338 g/mol. The summed E-state index contributed by atoms with van der Waals surface area (Å²) in [6.07, 6.45) is 0. The average molecular weight is 338 g/mol. The van der Waals surface area contributed by atoms with Gasteiger partial charge in [-0.15, -0.1) is 0 Å². The van der Waals surface area contributed by atoms with E-state index in [9.17, 15) is 4.39 Å². The molecule has 1 fully saturated rings. The topological polar surface area (TPSA) is 49.3 Å². The van der Waals surface area contributed by atoms with Crippen LogP contribution in [0.3, 0.4) is 0 Å². The highest BCUT2D eigenvalue weighted by molar-refractivity contribution is 5.80. The van der Waals surface area contributed by atoms with Gasteiger partial charge in [-0.3, -0.25) is 4.99 Å². The zero-order valence-corrected chi connectivity index (χ0v) is 14.5. The summed E-state index contributed by atoms with van der Waals surface area (Å²) in [6, 6.07) is 6.92. The summed E-state index contributed by atoms with van der Waals surface area (Å²) >= 11 is 0. The molecule has 1 aromatic rings. The molecular formula is C17H27FN4O2. The molecule has 1 aliphatic rings. The number of rotatable bonds is 7. The molecule has 1 saturated heterocycles. The highest BCUT2D eigenvalue weighted by atomic mass is 19.1. The lowest BCUT2D eigenvalue weighted by Gasteiger charge is -2.37. The largest absolute Gasteiger partial charge is 0.382 e. The van der Waals surface area contributed by atoms with Gasteiger partial charge in [0.25, 0.3) is 0 Å². The van der Waals surface area contributed by atoms with Crippen molar-refractivity contribution >= 4 is 11.6 Å². The van der Waals surface area contributed by atoms with Crippen molar-refractivity contribution in [1.82, 2.24) is 10.2 Å². The van der Waals surface area contributed by atoms with Crippen LogP contribution in [0.25, 0.3) is 0 Å². The van der Waals surface area contributed by atoms with Gasteiger partial charge in [0.15, 0.2) is 5.96 Å². The van der Waals surface area contributed by atoms with Gasteiger partial charge >= 0.3 is 0 Å². The molecule has 7 heteroatoms. The number of guanidine groups is 1. The van der Waals surface area contributed by atoms with E-state index in [0.717, 1.165) is 32.1 Å². The van der Waals surface area contributed by atoms with Crippen LogP contribution < -0.4 is 10.2 Å². The van der Waals surface area contributed by atoms with Gasteiger partial charge in [0.2, 0.25) is 0 Å². The predicted octanol–water partition coefficient (Wildman–Crippen LogP) is 1.19. The Morgan fingerprint density at radius 1 is 1.17 bits per heavy atom. The molecule has 0 bridgehead atoms. The summed E-state index contributed by atoms with van der Waals surface area (Å²) in [4.78, 5) is 8.58. The van der Waals surface area contributed by atoms with Crippen LogP contribution in [0.1, 0.15) is 0 Å². The number of para-hydroxylation sites is 1. The Kier molecular flexibility index (Phi) is 7.77. The molecule has 0 atom stereocenters. The Balaban J connectivity index is 1.75. The molecule has 0 spiro atoms. The maximum absolute atomic E-state index is 13.9. The molecule has 0 aromatic heterocycles. The molecular weight excluding hydrogens is 311 g/mol. The van der Waals surface area contributed by atoms with Crippen LogP contribution in [0.15, 0.2) is 29.3 Å². The van der Waals surface area contributed by atoms with E-state index in [1.807, 2.05) is 12.1 Å². The number of nitrogens with zero attached hydrogens (tertiary/aromatic N) is 3. The summed E-state index contributed by atoms with van der Waals surface area (Å²) in [5.74, 6) is 0.695. The SMILES string of the molecule is CN=C(NCCOCCOC)N1CCN(c2ccccc2F)CC1. The number of anilines is 1. The minimum absolute atomic E-state index is 0.165. The fraction of sp³-hybridized carbons (Fsp3) is 0.588. The second-order valence-corrected chi connectivity index (χ2v) is 5.50. The number of ether oxygens (including phenoxy) is 2. The molecule has 24 heavy (non-hydrogen) atoms. The van der Waals surface area contributed by atoms with E-state index in [-0.39, 0.29) is 5.82 Å². The second kappa shape index (κ2) is 10.1. The van der Waals surface area contributed by atoms with Crippen LogP contribution in [-0.2, 0) is 9.47 Å². The Morgan fingerprint density at radius 3 is 2.58 bits per heavy atom. The van der Waals surface area contributed by atoms with Crippen molar-refractivity contribution in [1.29, 1.82) is 0 Å². The Hall–Kier alpha value is -1.86. The average Bonchev–Trinajstić information content (AvgIpc) is 2.62. The zero-order chi connectivity index (χ0) is 17.2. The van der Waals surface area contributed by atoms with Gasteiger partial charge < -0.3 is 24.6 Å². The Bertz CT molecular complexity index is 519. The van der Waals surface area contributed by atoms with Crippen LogP contribution in [-0.4, -0.2) is 77.6 Å². The van der Waals surface area contributed by atoms with E-state index < -0.39 is 0 Å². The van der Waals surface area contributed by atoms with Crippen LogP contribution >= 0.6 is 0 Å². The van der Waals surface area contributed by atoms with E-state index >= 15 is 0 Å². The van der Waals surface area contributed by atoms with E-state index in [1.165, 1.54) is 6.07 Å². The summed E-state index contributed by atoms with van der Waals surface area (Å²) < 4.78 is 24.2. The molecule has 0 amide bonds.